The van der Waals surface area contributed by atoms with Gasteiger partial charge in [0.15, 0.2) is 11.5 Å². The quantitative estimate of drug-likeness (QED) is 0.363. The van der Waals surface area contributed by atoms with Crippen molar-refractivity contribution in [2.75, 3.05) is 0 Å². The molecule has 0 aromatic heterocycles. The minimum atomic E-state index is -0.440. The summed E-state index contributed by atoms with van der Waals surface area (Å²) >= 11 is 0. The molecule has 1 rings (SSSR count). The van der Waals surface area contributed by atoms with Crippen LogP contribution in [0.15, 0.2) is 35.6 Å². The van der Waals surface area contributed by atoms with E-state index in [0.717, 1.165) is 25.7 Å². The van der Waals surface area contributed by atoms with E-state index in [-0.39, 0.29) is 11.5 Å². The molecule has 0 aromatic rings. The summed E-state index contributed by atoms with van der Waals surface area (Å²) in [5.74, 6) is -0.976. The largest absolute Gasteiger partial charge is 0.504 e. The van der Waals surface area contributed by atoms with Crippen molar-refractivity contribution in [2.24, 2.45) is 0 Å². The van der Waals surface area contributed by atoms with Gasteiger partial charge in [-0.3, -0.25) is 9.59 Å². The van der Waals surface area contributed by atoms with Crippen LogP contribution in [0.5, 0.6) is 0 Å². The molecule has 1 aliphatic carbocycles. The minimum absolute atomic E-state index is 0.184. The highest BCUT2D eigenvalue weighted by Gasteiger charge is 2.25. The number of ketones is 2. The van der Waals surface area contributed by atoms with Gasteiger partial charge in [-0.2, -0.15) is 0 Å². The molecule has 21 heavy (non-hydrogen) atoms. The van der Waals surface area contributed by atoms with E-state index in [9.17, 15) is 14.7 Å². The Kier molecular flexibility index (Phi) is 7.73. The van der Waals surface area contributed by atoms with Crippen molar-refractivity contribution in [1.29, 1.82) is 0 Å². The Bertz CT molecular complexity index is 455. The van der Waals surface area contributed by atoms with Crippen LogP contribution in [0.1, 0.15) is 64.7 Å². The van der Waals surface area contributed by atoms with Crippen molar-refractivity contribution < 1.29 is 14.7 Å². The van der Waals surface area contributed by atoms with Gasteiger partial charge in [0, 0.05) is 11.1 Å². The third kappa shape index (κ3) is 5.70. The van der Waals surface area contributed by atoms with Crippen LogP contribution in [-0.2, 0) is 9.59 Å². The number of allylic oxidation sites excluding steroid dienone is 4. The fourth-order valence-electron chi connectivity index (χ4n) is 2.53. The van der Waals surface area contributed by atoms with E-state index in [2.05, 4.69) is 6.58 Å². The maximum Gasteiger partial charge on any atom is 0.220 e. The second kappa shape index (κ2) is 9.32. The predicted octanol–water partition coefficient (Wildman–Crippen LogP) is 4.59. The van der Waals surface area contributed by atoms with Gasteiger partial charge >= 0.3 is 0 Å². The van der Waals surface area contributed by atoms with Crippen molar-refractivity contribution in [3.05, 3.63) is 35.6 Å². The molecule has 0 bridgehead atoms. The number of Topliss-reactive ketones (excluding diaryl/α,β-unsaturated/α-hetero) is 1. The molecule has 0 atom stereocenters. The van der Waals surface area contributed by atoms with E-state index < -0.39 is 5.78 Å². The molecule has 0 amide bonds. The molecular weight excluding hydrogens is 264 g/mol. The van der Waals surface area contributed by atoms with Crippen molar-refractivity contribution in [2.45, 2.75) is 64.7 Å². The van der Waals surface area contributed by atoms with Crippen molar-refractivity contribution in [1.82, 2.24) is 0 Å². The molecule has 0 radical (unpaired) electrons. The molecule has 1 N–H and O–H groups in total. The highest BCUT2D eigenvalue weighted by molar-refractivity contribution is 6.21. The van der Waals surface area contributed by atoms with Crippen LogP contribution in [0.4, 0.5) is 0 Å². The van der Waals surface area contributed by atoms with Gasteiger partial charge in [0.05, 0.1) is 0 Å². The Hall–Kier alpha value is -1.64. The molecule has 0 aromatic carbocycles. The first kappa shape index (κ1) is 17.4. The van der Waals surface area contributed by atoms with Crippen LogP contribution in [-0.4, -0.2) is 16.7 Å². The monoisotopic (exact) mass is 290 g/mol. The zero-order valence-electron chi connectivity index (χ0n) is 13.0. The Morgan fingerprint density at radius 1 is 1.05 bits per heavy atom. The van der Waals surface area contributed by atoms with Crippen LogP contribution in [0.3, 0.4) is 0 Å². The Balaban J connectivity index is 2.20. The number of aliphatic hydroxyl groups is 1. The lowest BCUT2D eigenvalue weighted by Gasteiger charge is -2.13. The smallest absolute Gasteiger partial charge is 0.220 e. The van der Waals surface area contributed by atoms with Gasteiger partial charge in [-0.05, 0) is 38.7 Å². The number of carbonyl (C=O) groups excluding carboxylic acids is 2. The van der Waals surface area contributed by atoms with Crippen LogP contribution < -0.4 is 0 Å². The highest BCUT2D eigenvalue weighted by atomic mass is 16.3. The van der Waals surface area contributed by atoms with Crippen LogP contribution >= 0.6 is 0 Å². The Labute approximate surface area is 127 Å². The molecule has 3 heteroatoms. The SMILES string of the molecule is C=CCCCCCCCCCC1=C(O)C(=O)C=C(C)C1=O. The topological polar surface area (TPSA) is 54.4 Å². The van der Waals surface area contributed by atoms with E-state index in [0.29, 0.717) is 17.6 Å². The molecule has 0 saturated heterocycles. The number of rotatable bonds is 10. The van der Waals surface area contributed by atoms with Crippen molar-refractivity contribution >= 4 is 11.6 Å². The van der Waals surface area contributed by atoms with Gasteiger partial charge in [-0.1, -0.05) is 38.2 Å². The third-order valence-corrected chi connectivity index (χ3v) is 3.83. The summed E-state index contributed by atoms with van der Waals surface area (Å²) in [5, 5.41) is 9.71. The molecule has 1 aliphatic rings. The average molecular weight is 290 g/mol. The zero-order chi connectivity index (χ0) is 15.7. The lowest BCUT2D eigenvalue weighted by Crippen LogP contribution is -2.18. The summed E-state index contributed by atoms with van der Waals surface area (Å²) in [6, 6.07) is 0. The summed E-state index contributed by atoms with van der Waals surface area (Å²) in [5.41, 5.74) is 0.723. The maximum absolute atomic E-state index is 11.9. The molecule has 0 aliphatic heterocycles. The molecule has 0 fully saturated rings. The summed E-state index contributed by atoms with van der Waals surface area (Å²) in [6.07, 6.45) is 12.7. The van der Waals surface area contributed by atoms with Gasteiger partial charge in [0.1, 0.15) is 0 Å². The van der Waals surface area contributed by atoms with E-state index in [4.69, 9.17) is 0 Å². The van der Waals surface area contributed by atoms with E-state index in [1.54, 1.807) is 6.92 Å². The molecule has 116 valence electrons. The van der Waals surface area contributed by atoms with Gasteiger partial charge < -0.3 is 5.11 Å². The molecule has 3 nitrogen and oxygen atoms in total. The van der Waals surface area contributed by atoms with Gasteiger partial charge in [0.25, 0.3) is 0 Å². The molecule has 0 unspecified atom stereocenters. The van der Waals surface area contributed by atoms with Gasteiger partial charge in [-0.25, -0.2) is 0 Å². The number of hydrogen-bond acceptors (Lipinski definition) is 3. The maximum atomic E-state index is 11.9. The number of aliphatic hydroxyl groups excluding tert-OH is 1. The second-order valence-electron chi connectivity index (χ2n) is 5.65. The molecule has 0 spiro atoms. The number of hydrogen-bond donors (Lipinski definition) is 1. The summed E-state index contributed by atoms with van der Waals surface area (Å²) in [4.78, 5) is 23.4. The lowest BCUT2D eigenvalue weighted by molar-refractivity contribution is -0.117. The molecular formula is C18H26O3. The standard InChI is InChI=1S/C18H26O3/c1-3-4-5-6-7-8-9-10-11-12-15-17(20)14(2)13-16(19)18(15)21/h3,13,21H,1,4-12H2,2H3. The van der Waals surface area contributed by atoms with Crippen molar-refractivity contribution in [3.8, 4) is 0 Å². The first-order valence-electron chi connectivity index (χ1n) is 7.88. The van der Waals surface area contributed by atoms with E-state index in [1.807, 2.05) is 6.08 Å². The first-order chi connectivity index (χ1) is 10.1. The summed E-state index contributed by atoms with van der Waals surface area (Å²) < 4.78 is 0. The van der Waals surface area contributed by atoms with E-state index in [1.165, 1.54) is 31.8 Å². The normalized spacial score (nSPS) is 15.4. The van der Waals surface area contributed by atoms with Crippen molar-refractivity contribution in [3.63, 3.8) is 0 Å². The fourth-order valence-corrected chi connectivity index (χ4v) is 2.53. The highest BCUT2D eigenvalue weighted by Crippen LogP contribution is 2.22. The Morgan fingerprint density at radius 3 is 2.24 bits per heavy atom. The summed E-state index contributed by atoms with van der Waals surface area (Å²) in [7, 11) is 0. The van der Waals surface area contributed by atoms with E-state index >= 15 is 0 Å². The van der Waals surface area contributed by atoms with Crippen LogP contribution in [0.2, 0.25) is 0 Å². The average Bonchev–Trinajstić information content (AvgIpc) is 2.46. The predicted molar refractivity (Wildman–Crippen MR) is 85.2 cm³/mol. The van der Waals surface area contributed by atoms with Crippen LogP contribution in [0, 0.1) is 0 Å². The van der Waals surface area contributed by atoms with Gasteiger partial charge in [-0.15, -0.1) is 6.58 Å². The summed E-state index contributed by atoms with van der Waals surface area (Å²) in [6.45, 7) is 5.33. The lowest BCUT2D eigenvalue weighted by atomic mass is 9.91. The number of unbranched alkanes of at least 4 members (excludes halogenated alkanes) is 7. The Morgan fingerprint density at radius 2 is 1.62 bits per heavy atom. The molecule has 0 saturated carbocycles. The number of carbonyl (C=O) groups is 2. The molecule has 0 heterocycles. The van der Waals surface area contributed by atoms with Gasteiger partial charge in [0.2, 0.25) is 5.78 Å². The van der Waals surface area contributed by atoms with Crippen LogP contribution in [0.25, 0.3) is 0 Å². The minimum Gasteiger partial charge on any atom is -0.504 e. The third-order valence-electron chi connectivity index (χ3n) is 3.83. The second-order valence-corrected chi connectivity index (χ2v) is 5.65. The fraction of sp³-hybridized carbons (Fsp3) is 0.556. The zero-order valence-corrected chi connectivity index (χ0v) is 13.0. The first-order valence-corrected chi connectivity index (χ1v) is 7.88.